The van der Waals surface area contributed by atoms with Crippen molar-refractivity contribution in [2.45, 2.75) is 37.1 Å². The van der Waals surface area contributed by atoms with Crippen molar-refractivity contribution in [2.24, 2.45) is 0 Å². The topological polar surface area (TPSA) is 92.7 Å². The number of aliphatic carboxylic acids is 1. The maximum Gasteiger partial charge on any atom is 0.321 e. The lowest BCUT2D eigenvalue weighted by atomic mass is 10.1. The lowest BCUT2D eigenvalue weighted by molar-refractivity contribution is -0.139. The van der Waals surface area contributed by atoms with Gasteiger partial charge in [-0.3, -0.25) is 4.79 Å². The maximum atomic E-state index is 12.2. The molecule has 0 radical (unpaired) electrons. The summed E-state index contributed by atoms with van der Waals surface area (Å²) in [7, 11) is -2.49. The van der Waals surface area contributed by atoms with Crippen LogP contribution in [-0.2, 0) is 14.8 Å². The van der Waals surface area contributed by atoms with Crippen LogP contribution in [0.15, 0.2) is 27.6 Å². The fourth-order valence-electron chi connectivity index (χ4n) is 1.70. The molecule has 21 heavy (non-hydrogen) atoms. The number of carboxylic acid groups (broad SMARTS) is 1. The lowest BCUT2D eigenvalue weighted by Crippen LogP contribution is -2.40. The van der Waals surface area contributed by atoms with E-state index >= 15 is 0 Å². The normalized spacial score (nSPS) is 12.9. The van der Waals surface area contributed by atoms with Gasteiger partial charge in [-0.05, 0) is 34.5 Å². The molecule has 1 atom stereocenters. The number of halogens is 1. The number of hydrogen-bond acceptors (Lipinski definition) is 4. The van der Waals surface area contributed by atoms with Crippen molar-refractivity contribution in [1.29, 1.82) is 0 Å². The number of unbranched alkanes of at least 4 members (excludes halogenated alkanes) is 1. The minimum Gasteiger partial charge on any atom is -0.496 e. The van der Waals surface area contributed by atoms with Gasteiger partial charge in [-0.15, -0.1) is 0 Å². The fraction of sp³-hybridized carbons (Fsp3) is 0.462. The van der Waals surface area contributed by atoms with Crippen LogP contribution in [-0.4, -0.2) is 32.6 Å². The number of nitrogens with one attached hydrogen (secondary N) is 1. The molecule has 2 N–H and O–H groups in total. The minimum absolute atomic E-state index is 0.0368. The highest BCUT2D eigenvalue weighted by Gasteiger charge is 2.25. The Balaban J connectivity index is 3.01. The van der Waals surface area contributed by atoms with Gasteiger partial charge in [0, 0.05) is 6.07 Å². The number of ether oxygens (including phenoxy) is 1. The second-order valence-corrected chi connectivity index (χ2v) is 7.02. The van der Waals surface area contributed by atoms with Crippen LogP contribution < -0.4 is 9.46 Å². The highest BCUT2D eigenvalue weighted by atomic mass is 79.9. The summed E-state index contributed by atoms with van der Waals surface area (Å²) < 4.78 is 32.4. The van der Waals surface area contributed by atoms with Crippen molar-refractivity contribution in [3.05, 3.63) is 22.7 Å². The lowest BCUT2D eigenvalue weighted by Gasteiger charge is -2.15. The third kappa shape index (κ3) is 4.98. The van der Waals surface area contributed by atoms with Crippen LogP contribution in [0.2, 0.25) is 0 Å². The Morgan fingerprint density at radius 3 is 2.67 bits per heavy atom. The number of hydrogen-bond donors (Lipinski definition) is 2. The summed E-state index contributed by atoms with van der Waals surface area (Å²) in [5, 5.41) is 9.10. The average molecular weight is 380 g/mol. The van der Waals surface area contributed by atoms with Crippen molar-refractivity contribution in [1.82, 2.24) is 4.72 Å². The van der Waals surface area contributed by atoms with Crippen LogP contribution >= 0.6 is 15.9 Å². The van der Waals surface area contributed by atoms with Crippen molar-refractivity contribution in [3.8, 4) is 5.75 Å². The van der Waals surface area contributed by atoms with Gasteiger partial charge in [0.1, 0.15) is 11.8 Å². The van der Waals surface area contributed by atoms with E-state index in [0.29, 0.717) is 16.6 Å². The van der Waals surface area contributed by atoms with E-state index in [0.717, 1.165) is 6.42 Å². The van der Waals surface area contributed by atoms with E-state index < -0.39 is 22.0 Å². The number of carbonyl (C=O) groups is 1. The van der Waals surface area contributed by atoms with Crippen molar-refractivity contribution >= 4 is 31.9 Å². The average Bonchev–Trinajstić information content (AvgIpc) is 2.43. The van der Waals surface area contributed by atoms with Gasteiger partial charge in [0.2, 0.25) is 10.0 Å². The van der Waals surface area contributed by atoms with Gasteiger partial charge in [0.05, 0.1) is 16.5 Å². The molecule has 6 nitrogen and oxygen atoms in total. The molecule has 0 spiro atoms. The quantitative estimate of drug-likeness (QED) is 0.723. The molecule has 0 amide bonds. The van der Waals surface area contributed by atoms with E-state index in [2.05, 4.69) is 20.7 Å². The standard InChI is InChI=1S/C13H18BrNO5S/c1-3-4-5-11(13(16)17)15-21(18,19)9-6-7-10(14)12(8-9)20-2/h6-8,11,15H,3-5H2,1-2H3,(H,16,17). The van der Waals surface area contributed by atoms with E-state index in [1.54, 1.807) is 0 Å². The molecular formula is C13H18BrNO5S. The molecule has 1 rings (SSSR count). The minimum atomic E-state index is -3.92. The summed E-state index contributed by atoms with van der Waals surface area (Å²) in [6, 6.07) is 3.12. The van der Waals surface area contributed by atoms with Gasteiger partial charge in [0.25, 0.3) is 0 Å². The molecule has 1 aromatic carbocycles. The van der Waals surface area contributed by atoms with Crippen LogP contribution in [0.3, 0.4) is 0 Å². The van der Waals surface area contributed by atoms with E-state index in [4.69, 9.17) is 9.84 Å². The molecular weight excluding hydrogens is 362 g/mol. The maximum absolute atomic E-state index is 12.2. The first-order valence-electron chi connectivity index (χ1n) is 6.40. The molecule has 118 valence electrons. The number of rotatable bonds is 8. The van der Waals surface area contributed by atoms with Crippen LogP contribution in [0, 0.1) is 0 Å². The zero-order chi connectivity index (χ0) is 16.0. The van der Waals surface area contributed by atoms with Crippen molar-refractivity contribution < 1.29 is 23.1 Å². The largest absolute Gasteiger partial charge is 0.496 e. The van der Waals surface area contributed by atoms with Crippen molar-refractivity contribution in [2.75, 3.05) is 7.11 Å². The number of carboxylic acids is 1. The fourth-order valence-corrected chi connectivity index (χ4v) is 3.35. The SMILES string of the molecule is CCCCC(NS(=O)(=O)c1ccc(Br)c(OC)c1)C(=O)O. The van der Waals surface area contributed by atoms with Crippen LogP contribution in [0.25, 0.3) is 0 Å². The Morgan fingerprint density at radius 2 is 2.14 bits per heavy atom. The predicted octanol–water partition coefficient (Wildman–Crippen LogP) is 2.38. The second kappa shape index (κ2) is 7.77. The zero-order valence-electron chi connectivity index (χ0n) is 11.8. The number of methoxy groups -OCH3 is 1. The molecule has 0 aliphatic rings. The summed E-state index contributed by atoms with van der Waals surface area (Å²) in [5.74, 6) is -0.825. The van der Waals surface area contributed by atoms with E-state index in [9.17, 15) is 13.2 Å². The van der Waals surface area contributed by atoms with Gasteiger partial charge >= 0.3 is 5.97 Å². The smallest absolute Gasteiger partial charge is 0.321 e. The van der Waals surface area contributed by atoms with Gasteiger partial charge in [0.15, 0.2) is 0 Å². The monoisotopic (exact) mass is 379 g/mol. The first kappa shape index (κ1) is 17.9. The summed E-state index contributed by atoms with van der Waals surface area (Å²) in [5.41, 5.74) is 0. The highest BCUT2D eigenvalue weighted by molar-refractivity contribution is 9.10. The predicted molar refractivity (Wildman–Crippen MR) is 82.0 cm³/mol. The summed E-state index contributed by atoms with van der Waals surface area (Å²) in [6.45, 7) is 1.91. The summed E-state index contributed by atoms with van der Waals surface area (Å²) in [6.07, 6.45) is 1.67. The third-order valence-corrected chi connectivity index (χ3v) is 5.00. The molecule has 0 heterocycles. The molecule has 0 aliphatic heterocycles. The molecule has 0 bridgehead atoms. The van der Waals surface area contributed by atoms with Crippen molar-refractivity contribution in [3.63, 3.8) is 0 Å². The molecule has 1 unspecified atom stereocenters. The summed E-state index contributed by atoms with van der Waals surface area (Å²) >= 11 is 3.23. The Kier molecular flexibility index (Phi) is 6.63. The molecule has 1 aromatic rings. The van der Waals surface area contributed by atoms with E-state index in [1.165, 1.54) is 25.3 Å². The molecule has 0 saturated heterocycles. The van der Waals surface area contributed by atoms with Gasteiger partial charge in [-0.25, -0.2) is 8.42 Å². The van der Waals surface area contributed by atoms with Crippen LogP contribution in [0.5, 0.6) is 5.75 Å². The molecule has 8 heteroatoms. The van der Waals surface area contributed by atoms with Gasteiger partial charge < -0.3 is 9.84 Å². The molecule has 0 aliphatic carbocycles. The first-order valence-corrected chi connectivity index (χ1v) is 8.68. The Labute approximate surface area is 132 Å². The Morgan fingerprint density at radius 1 is 1.48 bits per heavy atom. The van der Waals surface area contributed by atoms with Crippen LogP contribution in [0.1, 0.15) is 26.2 Å². The zero-order valence-corrected chi connectivity index (χ0v) is 14.2. The van der Waals surface area contributed by atoms with Gasteiger partial charge in [-0.2, -0.15) is 4.72 Å². The molecule has 0 aromatic heterocycles. The Bertz CT molecular complexity index is 603. The third-order valence-electron chi connectivity index (χ3n) is 2.87. The molecule has 0 saturated carbocycles. The Hall–Kier alpha value is -1.12. The first-order chi connectivity index (χ1) is 9.81. The van der Waals surface area contributed by atoms with E-state index in [-0.39, 0.29) is 11.3 Å². The van der Waals surface area contributed by atoms with Gasteiger partial charge in [-0.1, -0.05) is 19.8 Å². The number of benzene rings is 1. The number of sulfonamides is 1. The molecule has 0 fully saturated rings. The second-order valence-electron chi connectivity index (χ2n) is 4.45. The van der Waals surface area contributed by atoms with E-state index in [1.807, 2.05) is 6.92 Å². The summed E-state index contributed by atoms with van der Waals surface area (Å²) in [4.78, 5) is 11.1. The van der Waals surface area contributed by atoms with Crippen LogP contribution in [0.4, 0.5) is 0 Å². The highest BCUT2D eigenvalue weighted by Crippen LogP contribution is 2.27.